The summed E-state index contributed by atoms with van der Waals surface area (Å²) in [5.41, 5.74) is -0.744. The SMILES string of the molecule is CCCCC(CC)(OCC(C)CC)C(OCCC(C)C)(OCC(C)CCC)OOCCC(C)CC. The summed E-state index contributed by atoms with van der Waals surface area (Å²) in [7, 11) is 0. The van der Waals surface area contributed by atoms with Crippen LogP contribution in [0.4, 0.5) is 0 Å². The van der Waals surface area contributed by atoms with E-state index in [1.165, 1.54) is 0 Å². The molecule has 0 heterocycles. The van der Waals surface area contributed by atoms with Gasteiger partial charge < -0.3 is 14.2 Å². The number of unbranched alkanes of at least 4 members (excludes halogenated alkanes) is 1. The maximum Gasteiger partial charge on any atom is 0.341 e. The first-order valence-corrected chi connectivity index (χ1v) is 14.9. The monoisotopic (exact) mass is 502 g/mol. The van der Waals surface area contributed by atoms with E-state index >= 15 is 0 Å². The molecule has 0 amide bonds. The first-order valence-electron chi connectivity index (χ1n) is 14.9. The molecular formula is C30H62O5. The van der Waals surface area contributed by atoms with Crippen molar-refractivity contribution >= 4 is 0 Å². The van der Waals surface area contributed by atoms with Crippen molar-refractivity contribution in [1.29, 1.82) is 0 Å². The molecule has 0 aliphatic carbocycles. The molecule has 212 valence electrons. The molecule has 5 unspecified atom stereocenters. The molecule has 0 aliphatic heterocycles. The van der Waals surface area contributed by atoms with Crippen LogP contribution in [0.25, 0.3) is 0 Å². The van der Waals surface area contributed by atoms with Crippen molar-refractivity contribution < 1.29 is 24.0 Å². The van der Waals surface area contributed by atoms with E-state index < -0.39 is 11.6 Å². The van der Waals surface area contributed by atoms with Crippen LogP contribution in [0.1, 0.15) is 133 Å². The highest BCUT2D eigenvalue weighted by Gasteiger charge is 2.57. The predicted molar refractivity (Wildman–Crippen MR) is 147 cm³/mol. The van der Waals surface area contributed by atoms with Gasteiger partial charge in [0.15, 0.2) is 5.60 Å². The molecule has 5 nitrogen and oxygen atoms in total. The molecule has 0 bridgehead atoms. The van der Waals surface area contributed by atoms with Crippen LogP contribution in [0.3, 0.4) is 0 Å². The standard InChI is InChI=1S/C30H62O5/c1-11-16-20-29(15-5,32-23-27(9)14-4)30(31-21-18-25(6)7,33-24-28(10)17-12-2)35-34-22-19-26(8)13-3/h25-28H,11-24H2,1-10H3. The van der Waals surface area contributed by atoms with Gasteiger partial charge in [-0.2, -0.15) is 4.89 Å². The highest BCUT2D eigenvalue weighted by molar-refractivity contribution is 4.91. The summed E-state index contributed by atoms with van der Waals surface area (Å²) in [6.45, 7) is 24.4. The van der Waals surface area contributed by atoms with Gasteiger partial charge >= 0.3 is 5.97 Å². The molecule has 0 rings (SSSR count). The van der Waals surface area contributed by atoms with Crippen molar-refractivity contribution in [2.45, 2.75) is 145 Å². The number of rotatable bonds is 24. The van der Waals surface area contributed by atoms with Gasteiger partial charge in [-0.05, 0) is 55.8 Å². The van der Waals surface area contributed by atoms with Gasteiger partial charge in [0.1, 0.15) is 0 Å². The second-order valence-corrected chi connectivity index (χ2v) is 11.3. The van der Waals surface area contributed by atoms with Crippen molar-refractivity contribution in [2.75, 3.05) is 26.4 Å². The van der Waals surface area contributed by atoms with Crippen LogP contribution in [-0.4, -0.2) is 38.0 Å². The zero-order valence-electron chi connectivity index (χ0n) is 25.3. The Bertz CT molecular complexity index is 485. The Morgan fingerprint density at radius 2 is 1.29 bits per heavy atom. The van der Waals surface area contributed by atoms with Crippen molar-refractivity contribution in [2.24, 2.45) is 23.7 Å². The fourth-order valence-corrected chi connectivity index (χ4v) is 3.95. The Balaban J connectivity index is 6.20. The van der Waals surface area contributed by atoms with E-state index in [1.54, 1.807) is 0 Å². The Labute approximate surface area is 219 Å². The van der Waals surface area contributed by atoms with Gasteiger partial charge in [-0.3, -0.25) is 0 Å². The number of hydrogen-bond acceptors (Lipinski definition) is 5. The Kier molecular flexibility index (Phi) is 19.7. The molecule has 0 N–H and O–H groups in total. The van der Waals surface area contributed by atoms with Gasteiger partial charge in [0.2, 0.25) is 0 Å². The average Bonchev–Trinajstić information content (AvgIpc) is 2.84. The Morgan fingerprint density at radius 3 is 1.83 bits per heavy atom. The van der Waals surface area contributed by atoms with Crippen LogP contribution in [0.2, 0.25) is 0 Å². The first kappa shape index (κ1) is 34.8. The van der Waals surface area contributed by atoms with Crippen LogP contribution in [-0.2, 0) is 24.0 Å². The van der Waals surface area contributed by atoms with Crippen molar-refractivity contribution in [3.63, 3.8) is 0 Å². The van der Waals surface area contributed by atoms with E-state index in [2.05, 4.69) is 69.2 Å². The van der Waals surface area contributed by atoms with Crippen LogP contribution in [0, 0.1) is 23.7 Å². The molecular weight excluding hydrogens is 440 g/mol. The maximum atomic E-state index is 6.79. The molecule has 5 heteroatoms. The zero-order chi connectivity index (χ0) is 26.7. The Morgan fingerprint density at radius 1 is 0.629 bits per heavy atom. The number of ether oxygens (including phenoxy) is 3. The summed E-state index contributed by atoms with van der Waals surface area (Å²) in [6, 6.07) is 0. The van der Waals surface area contributed by atoms with Crippen LogP contribution >= 0.6 is 0 Å². The Hall–Kier alpha value is -0.200. The van der Waals surface area contributed by atoms with E-state index in [0.29, 0.717) is 50.1 Å². The highest BCUT2D eigenvalue weighted by Crippen LogP contribution is 2.41. The lowest BCUT2D eigenvalue weighted by molar-refractivity contribution is -0.548. The topological polar surface area (TPSA) is 46.2 Å². The molecule has 0 aromatic carbocycles. The second-order valence-electron chi connectivity index (χ2n) is 11.3. The molecule has 0 saturated carbocycles. The second kappa shape index (κ2) is 19.9. The van der Waals surface area contributed by atoms with Gasteiger partial charge in [0.05, 0.1) is 26.4 Å². The van der Waals surface area contributed by atoms with Gasteiger partial charge in [-0.15, -0.1) is 0 Å². The average molecular weight is 503 g/mol. The van der Waals surface area contributed by atoms with E-state index in [-0.39, 0.29) is 0 Å². The van der Waals surface area contributed by atoms with Crippen LogP contribution in [0.15, 0.2) is 0 Å². The van der Waals surface area contributed by atoms with Crippen molar-refractivity contribution in [3.8, 4) is 0 Å². The molecule has 0 spiro atoms. The first-order chi connectivity index (χ1) is 16.7. The summed E-state index contributed by atoms with van der Waals surface area (Å²) >= 11 is 0. The molecule has 35 heavy (non-hydrogen) atoms. The summed E-state index contributed by atoms with van der Waals surface area (Å²) in [5.74, 6) is 0.550. The minimum Gasteiger partial charge on any atom is -0.366 e. The van der Waals surface area contributed by atoms with E-state index in [0.717, 1.165) is 64.2 Å². The zero-order valence-corrected chi connectivity index (χ0v) is 25.3. The quantitative estimate of drug-likeness (QED) is 0.0570. The fourth-order valence-electron chi connectivity index (χ4n) is 3.95. The lowest BCUT2D eigenvalue weighted by Crippen LogP contribution is -2.61. The van der Waals surface area contributed by atoms with Gasteiger partial charge in [-0.1, -0.05) is 101 Å². The molecule has 0 saturated heterocycles. The van der Waals surface area contributed by atoms with E-state index in [4.69, 9.17) is 24.0 Å². The van der Waals surface area contributed by atoms with E-state index in [9.17, 15) is 0 Å². The van der Waals surface area contributed by atoms with Crippen molar-refractivity contribution in [1.82, 2.24) is 0 Å². The molecule has 0 aromatic rings. The minimum absolute atomic E-state index is 0.395. The van der Waals surface area contributed by atoms with Gasteiger partial charge in [0.25, 0.3) is 0 Å². The van der Waals surface area contributed by atoms with Gasteiger partial charge in [-0.25, -0.2) is 4.89 Å². The molecule has 0 radical (unpaired) electrons. The molecule has 0 aliphatic rings. The summed E-state index contributed by atoms with van der Waals surface area (Å²) < 4.78 is 20.1. The largest absolute Gasteiger partial charge is 0.366 e. The predicted octanol–water partition coefficient (Wildman–Crippen LogP) is 8.94. The highest BCUT2D eigenvalue weighted by atomic mass is 17.3. The van der Waals surface area contributed by atoms with Gasteiger partial charge in [0, 0.05) is 0 Å². The van der Waals surface area contributed by atoms with E-state index in [1.807, 2.05) is 0 Å². The molecule has 0 fully saturated rings. The lowest BCUT2D eigenvalue weighted by Gasteiger charge is -2.47. The minimum atomic E-state index is -1.39. The lowest BCUT2D eigenvalue weighted by atomic mass is 9.89. The smallest absolute Gasteiger partial charge is 0.341 e. The summed E-state index contributed by atoms with van der Waals surface area (Å²) in [5, 5.41) is 0. The fraction of sp³-hybridized carbons (Fsp3) is 1.00. The summed E-state index contributed by atoms with van der Waals surface area (Å²) in [4.78, 5) is 12.2. The third-order valence-electron chi connectivity index (χ3n) is 7.29. The third-order valence-corrected chi connectivity index (χ3v) is 7.29. The molecule has 5 atom stereocenters. The van der Waals surface area contributed by atoms with Crippen LogP contribution < -0.4 is 0 Å². The van der Waals surface area contributed by atoms with Crippen LogP contribution in [0.5, 0.6) is 0 Å². The van der Waals surface area contributed by atoms with Crippen molar-refractivity contribution in [3.05, 3.63) is 0 Å². The third kappa shape index (κ3) is 13.2. The normalized spacial score (nSPS) is 18.3. The maximum absolute atomic E-state index is 6.79. The number of hydrogen-bond donors (Lipinski definition) is 0. The molecule has 0 aromatic heterocycles. The summed E-state index contributed by atoms with van der Waals surface area (Å²) in [6.07, 6.45) is 9.86.